The molecule has 1 aliphatic heterocycles. The molecular weight excluding hydrogens is 230 g/mol. The summed E-state index contributed by atoms with van der Waals surface area (Å²) >= 11 is 0. The zero-order chi connectivity index (χ0) is 12.4. The van der Waals surface area contributed by atoms with E-state index >= 15 is 0 Å². The fourth-order valence-corrected chi connectivity index (χ4v) is 2.28. The molecule has 1 amide bonds. The second-order valence-electron chi connectivity index (χ2n) is 4.39. The van der Waals surface area contributed by atoms with Gasteiger partial charge in [0, 0.05) is 24.6 Å². The van der Waals surface area contributed by atoms with E-state index < -0.39 is 0 Å². The highest BCUT2D eigenvalue weighted by Gasteiger charge is 2.30. The Hall–Kier alpha value is -2.17. The maximum absolute atomic E-state index is 12.2. The van der Waals surface area contributed by atoms with Crippen LogP contribution in [-0.4, -0.2) is 34.0 Å². The van der Waals surface area contributed by atoms with E-state index in [9.17, 15) is 4.79 Å². The van der Waals surface area contributed by atoms with E-state index in [1.54, 1.807) is 0 Å². The number of carbonyl (C=O) groups excluding carboxylic acids is 1. The van der Waals surface area contributed by atoms with Crippen LogP contribution in [0.3, 0.4) is 0 Å². The molecule has 1 aliphatic rings. The normalized spacial score (nSPS) is 19.1. The first kappa shape index (κ1) is 11.0. The summed E-state index contributed by atoms with van der Waals surface area (Å²) in [4.78, 5) is 18.1. The third kappa shape index (κ3) is 1.99. The maximum atomic E-state index is 12.2. The van der Waals surface area contributed by atoms with Gasteiger partial charge in [0.25, 0.3) is 5.91 Å². The number of benzene rings is 1. The van der Waals surface area contributed by atoms with Gasteiger partial charge in [-0.15, -0.1) is 0 Å². The highest BCUT2D eigenvalue weighted by molar-refractivity contribution is 5.94. The summed E-state index contributed by atoms with van der Waals surface area (Å²) in [7, 11) is 0. The van der Waals surface area contributed by atoms with E-state index in [0.717, 1.165) is 18.5 Å². The number of aromatic nitrogens is 2. The molecule has 1 aromatic heterocycles. The molecule has 1 saturated heterocycles. The van der Waals surface area contributed by atoms with Crippen molar-refractivity contribution in [1.29, 1.82) is 0 Å². The Labute approximate surface area is 104 Å². The first-order chi connectivity index (χ1) is 8.84. The summed E-state index contributed by atoms with van der Waals surface area (Å²) in [5, 5.41) is 3.84. The Kier molecular flexibility index (Phi) is 2.80. The van der Waals surface area contributed by atoms with Gasteiger partial charge in [-0.25, -0.2) is 0 Å². The third-order valence-electron chi connectivity index (χ3n) is 3.24. The second-order valence-corrected chi connectivity index (χ2v) is 4.39. The summed E-state index contributed by atoms with van der Waals surface area (Å²) in [6.45, 7) is 1.40. The van der Waals surface area contributed by atoms with Crippen LogP contribution in [0.1, 0.15) is 28.5 Å². The van der Waals surface area contributed by atoms with Crippen LogP contribution in [0.25, 0.3) is 0 Å². The molecule has 1 fully saturated rings. The molecule has 5 nitrogen and oxygen atoms in total. The fraction of sp³-hybridized carbons (Fsp3) is 0.308. The lowest BCUT2D eigenvalue weighted by Crippen LogP contribution is -2.28. The van der Waals surface area contributed by atoms with Crippen molar-refractivity contribution in [2.45, 2.75) is 12.3 Å². The minimum absolute atomic E-state index is 0.0709. The van der Waals surface area contributed by atoms with Gasteiger partial charge in [0.15, 0.2) is 5.82 Å². The zero-order valence-electron chi connectivity index (χ0n) is 9.82. The fourth-order valence-electron chi connectivity index (χ4n) is 2.28. The minimum Gasteiger partial charge on any atom is -0.343 e. The van der Waals surface area contributed by atoms with Crippen molar-refractivity contribution in [1.82, 2.24) is 15.0 Å². The molecular formula is C13H13N3O2. The molecule has 5 heteroatoms. The molecule has 0 radical (unpaired) electrons. The summed E-state index contributed by atoms with van der Waals surface area (Å²) in [5.74, 6) is 0.955. The molecule has 1 atom stereocenters. The molecule has 18 heavy (non-hydrogen) atoms. The SMILES string of the molecule is O=C(c1ccccc1)N1CCC(c2ncon2)C1. The molecule has 0 saturated carbocycles. The molecule has 1 unspecified atom stereocenters. The Morgan fingerprint density at radius 2 is 2.17 bits per heavy atom. The van der Waals surface area contributed by atoms with Gasteiger partial charge < -0.3 is 9.42 Å². The average Bonchev–Trinajstić information content (AvgIpc) is 3.09. The number of carbonyl (C=O) groups is 1. The molecule has 1 aromatic carbocycles. The van der Waals surface area contributed by atoms with Crippen LogP contribution in [0.15, 0.2) is 41.2 Å². The lowest BCUT2D eigenvalue weighted by atomic mass is 10.1. The average molecular weight is 243 g/mol. The number of hydrogen-bond donors (Lipinski definition) is 0. The van der Waals surface area contributed by atoms with Crippen molar-refractivity contribution in [2.75, 3.05) is 13.1 Å². The molecule has 0 bridgehead atoms. The van der Waals surface area contributed by atoms with E-state index in [2.05, 4.69) is 10.1 Å². The zero-order valence-corrected chi connectivity index (χ0v) is 9.82. The monoisotopic (exact) mass is 243 g/mol. The van der Waals surface area contributed by atoms with Crippen LogP contribution in [0, 0.1) is 0 Å². The second kappa shape index (κ2) is 4.60. The molecule has 0 spiro atoms. The number of likely N-dealkylation sites (tertiary alicyclic amines) is 1. The third-order valence-corrected chi connectivity index (χ3v) is 3.24. The largest absolute Gasteiger partial charge is 0.343 e. The lowest BCUT2D eigenvalue weighted by Gasteiger charge is -2.15. The number of hydrogen-bond acceptors (Lipinski definition) is 4. The van der Waals surface area contributed by atoms with Crippen LogP contribution in [-0.2, 0) is 0 Å². The first-order valence-electron chi connectivity index (χ1n) is 5.95. The summed E-state index contributed by atoms with van der Waals surface area (Å²) < 4.78 is 4.74. The molecule has 0 aliphatic carbocycles. The van der Waals surface area contributed by atoms with Crippen molar-refractivity contribution in [3.8, 4) is 0 Å². The predicted molar refractivity (Wildman–Crippen MR) is 64.0 cm³/mol. The summed E-state index contributed by atoms with van der Waals surface area (Å²) in [6.07, 6.45) is 2.22. The first-order valence-corrected chi connectivity index (χ1v) is 5.95. The van der Waals surface area contributed by atoms with E-state index in [1.165, 1.54) is 6.39 Å². The standard InChI is InChI=1S/C13H13N3O2/c17-13(10-4-2-1-3-5-10)16-7-6-11(8-16)12-14-9-18-15-12/h1-5,9,11H,6-8H2. The van der Waals surface area contributed by atoms with Gasteiger partial charge in [0.1, 0.15) is 0 Å². The van der Waals surface area contributed by atoms with Crippen LogP contribution < -0.4 is 0 Å². The molecule has 2 heterocycles. The lowest BCUT2D eigenvalue weighted by molar-refractivity contribution is 0.0790. The maximum Gasteiger partial charge on any atom is 0.253 e. The summed E-state index contributed by atoms with van der Waals surface area (Å²) in [6, 6.07) is 9.33. The van der Waals surface area contributed by atoms with Crippen LogP contribution in [0.4, 0.5) is 0 Å². The van der Waals surface area contributed by atoms with E-state index in [-0.39, 0.29) is 11.8 Å². The van der Waals surface area contributed by atoms with Crippen LogP contribution >= 0.6 is 0 Å². The Morgan fingerprint density at radius 1 is 1.33 bits per heavy atom. The van der Waals surface area contributed by atoms with Gasteiger partial charge in [-0.3, -0.25) is 4.79 Å². The van der Waals surface area contributed by atoms with Crippen molar-refractivity contribution >= 4 is 5.91 Å². The van der Waals surface area contributed by atoms with Crippen LogP contribution in [0.2, 0.25) is 0 Å². The van der Waals surface area contributed by atoms with Gasteiger partial charge in [-0.1, -0.05) is 23.4 Å². The van der Waals surface area contributed by atoms with E-state index in [4.69, 9.17) is 4.52 Å². The molecule has 0 N–H and O–H groups in total. The summed E-state index contributed by atoms with van der Waals surface area (Å²) in [5.41, 5.74) is 0.728. The quantitative estimate of drug-likeness (QED) is 0.805. The topological polar surface area (TPSA) is 59.2 Å². The number of rotatable bonds is 2. The smallest absolute Gasteiger partial charge is 0.253 e. The van der Waals surface area contributed by atoms with Crippen molar-refractivity contribution in [2.24, 2.45) is 0 Å². The highest BCUT2D eigenvalue weighted by Crippen LogP contribution is 2.25. The van der Waals surface area contributed by atoms with E-state index in [1.807, 2.05) is 35.2 Å². The van der Waals surface area contributed by atoms with E-state index in [0.29, 0.717) is 12.4 Å². The van der Waals surface area contributed by atoms with Gasteiger partial charge in [-0.2, -0.15) is 4.98 Å². The van der Waals surface area contributed by atoms with Crippen molar-refractivity contribution in [3.63, 3.8) is 0 Å². The Bertz CT molecular complexity index is 524. The predicted octanol–water partition coefficient (Wildman–Crippen LogP) is 1.70. The molecule has 3 rings (SSSR count). The minimum atomic E-state index is 0.0709. The van der Waals surface area contributed by atoms with Gasteiger partial charge in [-0.05, 0) is 18.6 Å². The van der Waals surface area contributed by atoms with Crippen LogP contribution in [0.5, 0.6) is 0 Å². The van der Waals surface area contributed by atoms with Gasteiger partial charge >= 0.3 is 0 Å². The number of nitrogens with zero attached hydrogens (tertiary/aromatic N) is 3. The Balaban J connectivity index is 1.71. The Morgan fingerprint density at radius 3 is 2.89 bits per heavy atom. The highest BCUT2D eigenvalue weighted by atomic mass is 16.5. The van der Waals surface area contributed by atoms with Crippen molar-refractivity contribution in [3.05, 3.63) is 48.1 Å². The molecule has 2 aromatic rings. The number of amides is 1. The van der Waals surface area contributed by atoms with Gasteiger partial charge in [0.2, 0.25) is 6.39 Å². The van der Waals surface area contributed by atoms with Crippen molar-refractivity contribution < 1.29 is 9.32 Å². The van der Waals surface area contributed by atoms with Gasteiger partial charge in [0.05, 0.1) is 0 Å². The molecule has 92 valence electrons.